The Hall–Kier alpha value is -1.23. The van der Waals surface area contributed by atoms with E-state index < -0.39 is 9.84 Å². The van der Waals surface area contributed by atoms with Crippen molar-refractivity contribution in [2.75, 3.05) is 25.7 Å². The van der Waals surface area contributed by atoms with E-state index in [0.29, 0.717) is 18.1 Å². The van der Waals surface area contributed by atoms with Gasteiger partial charge in [0.1, 0.15) is 9.84 Å². The fourth-order valence-corrected chi connectivity index (χ4v) is 3.42. The molecule has 1 rings (SSSR count). The Balaban J connectivity index is 3.17. The Morgan fingerprint density at radius 3 is 2.30 bits per heavy atom. The molecule has 0 aromatic heterocycles. The molecule has 5 heteroatoms. The fraction of sp³-hybridized carbons (Fsp3) is 0.600. The average Bonchev–Trinajstić information content (AvgIpc) is 2.35. The average molecular weight is 300 g/mol. The zero-order chi connectivity index (χ0) is 15.3. The molecule has 4 nitrogen and oxygen atoms in total. The Morgan fingerprint density at radius 2 is 1.85 bits per heavy atom. The van der Waals surface area contributed by atoms with Crippen molar-refractivity contribution in [3.05, 3.63) is 23.8 Å². The summed E-state index contributed by atoms with van der Waals surface area (Å²) in [4.78, 5) is 0. The van der Waals surface area contributed by atoms with E-state index in [1.54, 1.807) is 7.11 Å². The number of methoxy groups -OCH3 is 1. The number of hydrogen-bond donors (Lipinski definition) is 0. The van der Waals surface area contributed by atoms with Crippen LogP contribution in [0.5, 0.6) is 11.5 Å². The summed E-state index contributed by atoms with van der Waals surface area (Å²) in [6.07, 6.45) is 1.27. The minimum atomic E-state index is -3.03. The van der Waals surface area contributed by atoms with Gasteiger partial charge in [0.25, 0.3) is 0 Å². The summed E-state index contributed by atoms with van der Waals surface area (Å²) in [6, 6.07) is 5.63. The quantitative estimate of drug-likeness (QED) is 0.777. The fourth-order valence-electron chi connectivity index (χ4n) is 2.19. The molecule has 114 valence electrons. The predicted octanol–water partition coefficient (Wildman–Crippen LogP) is 2.88. The van der Waals surface area contributed by atoms with Gasteiger partial charge in [0.15, 0.2) is 11.5 Å². The Labute approximate surface area is 122 Å². The predicted molar refractivity (Wildman–Crippen MR) is 81.5 cm³/mol. The SMILES string of the molecule is CCOc1cc(C(CS(C)(=O)=O)C(C)C)ccc1OC. The molecule has 0 saturated heterocycles. The van der Waals surface area contributed by atoms with Gasteiger partial charge in [-0.15, -0.1) is 0 Å². The molecule has 1 unspecified atom stereocenters. The van der Waals surface area contributed by atoms with Crippen LogP contribution in [0.25, 0.3) is 0 Å². The molecular weight excluding hydrogens is 276 g/mol. The molecule has 0 aliphatic carbocycles. The third-order valence-electron chi connectivity index (χ3n) is 3.20. The molecule has 0 aliphatic rings. The van der Waals surface area contributed by atoms with Crippen LogP contribution >= 0.6 is 0 Å². The van der Waals surface area contributed by atoms with Crippen LogP contribution in [0.3, 0.4) is 0 Å². The molecule has 1 aromatic carbocycles. The van der Waals surface area contributed by atoms with Crippen LogP contribution in [-0.2, 0) is 9.84 Å². The molecule has 0 amide bonds. The first-order valence-electron chi connectivity index (χ1n) is 6.77. The zero-order valence-corrected chi connectivity index (χ0v) is 13.7. The third-order valence-corrected chi connectivity index (χ3v) is 4.17. The van der Waals surface area contributed by atoms with Crippen molar-refractivity contribution in [2.24, 2.45) is 5.92 Å². The van der Waals surface area contributed by atoms with Gasteiger partial charge in [-0.05, 0) is 30.5 Å². The van der Waals surface area contributed by atoms with Crippen LogP contribution in [0.4, 0.5) is 0 Å². The van der Waals surface area contributed by atoms with E-state index in [1.165, 1.54) is 6.26 Å². The molecule has 0 radical (unpaired) electrons. The van der Waals surface area contributed by atoms with E-state index in [-0.39, 0.29) is 17.6 Å². The van der Waals surface area contributed by atoms with Crippen LogP contribution in [0.15, 0.2) is 18.2 Å². The molecule has 1 atom stereocenters. The number of benzene rings is 1. The van der Waals surface area contributed by atoms with Crippen LogP contribution in [0, 0.1) is 5.92 Å². The Bertz CT molecular complexity index is 535. The first-order chi connectivity index (χ1) is 9.28. The van der Waals surface area contributed by atoms with Crippen LogP contribution in [0.1, 0.15) is 32.3 Å². The summed E-state index contributed by atoms with van der Waals surface area (Å²) in [6.45, 7) is 6.50. The van der Waals surface area contributed by atoms with E-state index in [1.807, 2.05) is 39.0 Å². The van der Waals surface area contributed by atoms with Gasteiger partial charge in [-0.2, -0.15) is 0 Å². The molecule has 0 saturated carbocycles. The van der Waals surface area contributed by atoms with E-state index >= 15 is 0 Å². The summed E-state index contributed by atoms with van der Waals surface area (Å²) < 4.78 is 34.0. The lowest BCUT2D eigenvalue weighted by molar-refractivity contribution is 0.310. The van der Waals surface area contributed by atoms with Crippen LogP contribution in [-0.4, -0.2) is 34.1 Å². The normalized spacial score (nSPS) is 13.3. The molecule has 1 aromatic rings. The van der Waals surface area contributed by atoms with Crippen molar-refractivity contribution in [1.82, 2.24) is 0 Å². The van der Waals surface area contributed by atoms with Gasteiger partial charge in [-0.1, -0.05) is 19.9 Å². The Morgan fingerprint density at radius 1 is 1.20 bits per heavy atom. The van der Waals surface area contributed by atoms with Crippen molar-refractivity contribution in [3.8, 4) is 11.5 Å². The highest BCUT2D eigenvalue weighted by molar-refractivity contribution is 7.90. The van der Waals surface area contributed by atoms with Gasteiger partial charge in [0, 0.05) is 12.2 Å². The van der Waals surface area contributed by atoms with E-state index in [4.69, 9.17) is 9.47 Å². The minimum absolute atomic E-state index is 0.0462. The lowest BCUT2D eigenvalue weighted by Gasteiger charge is -2.22. The largest absolute Gasteiger partial charge is 0.493 e. The zero-order valence-electron chi connectivity index (χ0n) is 12.8. The molecule has 20 heavy (non-hydrogen) atoms. The first kappa shape index (κ1) is 16.8. The van der Waals surface area contributed by atoms with E-state index in [2.05, 4.69) is 0 Å². The monoisotopic (exact) mass is 300 g/mol. The van der Waals surface area contributed by atoms with E-state index in [9.17, 15) is 8.42 Å². The summed E-state index contributed by atoms with van der Waals surface area (Å²) in [5.41, 5.74) is 0.967. The maximum absolute atomic E-state index is 11.6. The lowest BCUT2D eigenvalue weighted by Crippen LogP contribution is -2.18. The second-order valence-electron chi connectivity index (χ2n) is 5.29. The Kier molecular flexibility index (Phi) is 5.87. The smallest absolute Gasteiger partial charge is 0.161 e. The topological polar surface area (TPSA) is 52.6 Å². The number of sulfone groups is 1. The van der Waals surface area contributed by atoms with Crippen molar-refractivity contribution in [3.63, 3.8) is 0 Å². The van der Waals surface area contributed by atoms with Gasteiger partial charge in [-0.3, -0.25) is 0 Å². The van der Waals surface area contributed by atoms with Gasteiger partial charge < -0.3 is 9.47 Å². The highest BCUT2D eigenvalue weighted by atomic mass is 32.2. The molecule has 0 spiro atoms. The second-order valence-corrected chi connectivity index (χ2v) is 7.47. The summed E-state index contributed by atoms with van der Waals surface area (Å²) >= 11 is 0. The summed E-state index contributed by atoms with van der Waals surface area (Å²) in [7, 11) is -1.44. The van der Waals surface area contributed by atoms with Crippen molar-refractivity contribution < 1.29 is 17.9 Å². The minimum Gasteiger partial charge on any atom is -0.493 e. The van der Waals surface area contributed by atoms with Crippen molar-refractivity contribution in [2.45, 2.75) is 26.7 Å². The maximum Gasteiger partial charge on any atom is 0.161 e. The van der Waals surface area contributed by atoms with Crippen LogP contribution in [0.2, 0.25) is 0 Å². The molecule has 0 bridgehead atoms. The van der Waals surface area contributed by atoms with E-state index in [0.717, 1.165) is 5.56 Å². The lowest BCUT2D eigenvalue weighted by atomic mass is 9.90. The maximum atomic E-state index is 11.6. The molecular formula is C15H24O4S. The van der Waals surface area contributed by atoms with Crippen molar-refractivity contribution in [1.29, 1.82) is 0 Å². The van der Waals surface area contributed by atoms with Gasteiger partial charge in [-0.25, -0.2) is 8.42 Å². The first-order valence-corrected chi connectivity index (χ1v) is 8.83. The molecule has 0 fully saturated rings. The summed E-state index contributed by atoms with van der Waals surface area (Å²) in [5, 5.41) is 0. The van der Waals surface area contributed by atoms with Gasteiger partial charge in [0.2, 0.25) is 0 Å². The highest BCUT2D eigenvalue weighted by Gasteiger charge is 2.22. The standard InChI is InChI=1S/C15H24O4S/c1-6-19-15-9-12(7-8-14(15)18-4)13(11(2)3)10-20(5,16)17/h7-9,11,13H,6,10H2,1-5H3. The van der Waals surface area contributed by atoms with Crippen LogP contribution < -0.4 is 9.47 Å². The highest BCUT2D eigenvalue weighted by Crippen LogP contribution is 2.34. The molecule has 0 aliphatic heterocycles. The number of rotatable bonds is 7. The van der Waals surface area contributed by atoms with Crippen molar-refractivity contribution >= 4 is 9.84 Å². The second kappa shape index (κ2) is 6.97. The van der Waals surface area contributed by atoms with Gasteiger partial charge >= 0.3 is 0 Å². The molecule has 0 heterocycles. The number of ether oxygens (including phenoxy) is 2. The third kappa shape index (κ3) is 4.71. The number of hydrogen-bond acceptors (Lipinski definition) is 4. The van der Waals surface area contributed by atoms with Gasteiger partial charge in [0.05, 0.1) is 19.5 Å². The summed E-state index contributed by atoms with van der Waals surface area (Å²) in [5.74, 6) is 1.65. The molecule has 0 N–H and O–H groups in total.